The first-order valence-electron chi connectivity index (χ1n) is 11.6. The average Bonchev–Trinajstić information content (AvgIpc) is 2.92. The Morgan fingerprint density at radius 3 is 0.647 bits per heavy atom. The average molecular weight is 449 g/mol. The molecule has 0 aliphatic carbocycles. The van der Waals surface area contributed by atoms with Crippen LogP contribution in [0.2, 0.25) is 0 Å². The van der Waals surface area contributed by atoms with E-state index in [-0.39, 0.29) is 0 Å². The van der Waals surface area contributed by atoms with Gasteiger partial charge in [-0.15, -0.1) is 0 Å². The first-order valence-corrected chi connectivity index (χ1v) is 11.6. The molecule has 8 N–H and O–H groups in total. The number of rotatable bonds is 8. The second-order valence-electron chi connectivity index (χ2n) is 8.35. The smallest absolute Gasteiger partial charge is 0.0178 e. The quantitative estimate of drug-likeness (QED) is 0.297. The molecule has 0 radical (unpaired) electrons. The SMILES string of the molecule is NCc1ccc(C(=C(c2ccc(CN)cc2)c2ccc(CN)cc2)c2ccc(CN)cc2)cc1. The van der Waals surface area contributed by atoms with Gasteiger partial charge in [0.05, 0.1) is 0 Å². The fraction of sp³-hybridized carbons (Fsp3) is 0.133. The third-order valence-electron chi connectivity index (χ3n) is 6.16. The highest BCUT2D eigenvalue weighted by Crippen LogP contribution is 2.37. The van der Waals surface area contributed by atoms with Gasteiger partial charge in [-0.1, -0.05) is 97.1 Å². The van der Waals surface area contributed by atoms with Gasteiger partial charge in [-0.25, -0.2) is 0 Å². The summed E-state index contributed by atoms with van der Waals surface area (Å²) in [5.41, 5.74) is 34.7. The van der Waals surface area contributed by atoms with E-state index in [0.29, 0.717) is 26.2 Å². The minimum atomic E-state index is 0.512. The van der Waals surface area contributed by atoms with Crippen LogP contribution < -0.4 is 22.9 Å². The summed E-state index contributed by atoms with van der Waals surface area (Å²) in [6.45, 7) is 2.05. The van der Waals surface area contributed by atoms with Crippen molar-refractivity contribution >= 4 is 11.1 Å². The van der Waals surface area contributed by atoms with E-state index in [2.05, 4.69) is 97.1 Å². The fourth-order valence-corrected chi connectivity index (χ4v) is 4.14. The van der Waals surface area contributed by atoms with Crippen molar-refractivity contribution in [2.24, 2.45) is 22.9 Å². The third kappa shape index (κ3) is 5.16. The van der Waals surface area contributed by atoms with E-state index in [1.54, 1.807) is 0 Å². The summed E-state index contributed by atoms with van der Waals surface area (Å²) in [5.74, 6) is 0. The molecule has 0 spiro atoms. The van der Waals surface area contributed by atoms with Gasteiger partial charge < -0.3 is 22.9 Å². The second kappa shape index (κ2) is 11.1. The zero-order chi connectivity index (χ0) is 23.9. The van der Waals surface area contributed by atoms with Crippen LogP contribution in [0, 0.1) is 0 Å². The zero-order valence-corrected chi connectivity index (χ0v) is 19.4. The summed E-state index contributed by atoms with van der Waals surface area (Å²) < 4.78 is 0. The topological polar surface area (TPSA) is 104 Å². The van der Waals surface area contributed by atoms with E-state index in [1.165, 1.54) is 0 Å². The van der Waals surface area contributed by atoms with Gasteiger partial charge in [0.2, 0.25) is 0 Å². The van der Waals surface area contributed by atoms with Crippen LogP contribution in [-0.4, -0.2) is 0 Å². The largest absolute Gasteiger partial charge is 0.326 e. The predicted molar refractivity (Wildman–Crippen MR) is 142 cm³/mol. The minimum absolute atomic E-state index is 0.512. The summed E-state index contributed by atoms with van der Waals surface area (Å²) in [7, 11) is 0. The Balaban J connectivity index is 2.02. The van der Waals surface area contributed by atoms with Crippen LogP contribution in [-0.2, 0) is 26.2 Å². The van der Waals surface area contributed by atoms with E-state index in [9.17, 15) is 0 Å². The highest BCUT2D eigenvalue weighted by Gasteiger charge is 2.16. The van der Waals surface area contributed by atoms with Gasteiger partial charge in [-0.3, -0.25) is 0 Å². The number of nitrogens with two attached hydrogens (primary N) is 4. The maximum atomic E-state index is 5.87. The lowest BCUT2D eigenvalue weighted by atomic mass is 9.85. The first kappa shape index (κ1) is 23.6. The lowest BCUT2D eigenvalue weighted by Crippen LogP contribution is -2.02. The molecule has 4 aromatic rings. The summed E-state index contributed by atoms with van der Waals surface area (Å²) in [6, 6.07) is 33.9. The third-order valence-corrected chi connectivity index (χ3v) is 6.16. The van der Waals surface area contributed by atoms with Crippen LogP contribution in [0.25, 0.3) is 11.1 Å². The van der Waals surface area contributed by atoms with Gasteiger partial charge in [0, 0.05) is 26.2 Å². The monoisotopic (exact) mass is 448 g/mol. The fourth-order valence-electron chi connectivity index (χ4n) is 4.14. The number of hydrogen-bond acceptors (Lipinski definition) is 4. The Hall–Kier alpha value is -3.54. The predicted octanol–water partition coefficient (Wildman–Crippen LogP) is 4.53. The van der Waals surface area contributed by atoms with Crippen LogP contribution in [0.4, 0.5) is 0 Å². The van der Waals surface area contributed by atoms with E-state index >= 15 is 0 Å². The highest BCUT2D eigenvalue weighted by atomic mass is 14.5. The molecule has 0 aliphatic rings. The Bertz CT molecular complexity index is 1040. The molecule has 0 aliphatic heterocycles. The molecule has 0 bridgehead atoms. The normalized spacial score (nSPS) is 10.8. The van der Waals surface area contributed by atoms with Crippen molar-refractivity contribution < 1.29 is 0 Å². The maximum Gasteiger partial charge on any atom is 0.0178 e. The van der Waals surface area contributed by atoms with Crippen molar-refractivity contribution in [2.75, 3.05) is 0 Å². The van der Waals surface area contributed by atoms with Crippen LogP contribution >= 0.6 is 0 Å². The molecular formula is C30H32N4. The van der Waals surface area contributed by atoms with Crippen molar-refractivity contribution in [3.63, 3.8) is 0 Å². The maximum absolute atomic E-state index is 5.87. The van der Waals surface area contributed by atoms with E-state index < -0.39 is 0 Å². The van der Waals surface area contributed by atoms with Gasteiger partial charge in [-0.05, 0) is 55.7 Å². The summed E-state index contributed by atoms with van der Waals surface area (Å²) in [4.78, 5) is 0. The van der Waals surface area contributed by atoms with Crippen molar-refractivity contribution in [2.45, 2.75) is 26.2 Å². The van der Waals surface area contributed by atoms with Gasteiger partial charge >= 0.3 is 0 Å². The summed E-state index contributed by atoms with van der Waals surface area (Å²) in [6.07, 6.45) is 0. The molecule has 0 fully saturated rings. The highest BCUT2D eigenvalue weighted by molar-refractivity contribution is 6.04. The Labute approximate surface area is 201 Å². The zero-order valence-electron chi connectivity index (χ0n) is 19.4. The Morgan fingerprint density at radius 2 is 0.500 bits per heavy atom. The molecule has 0 heterocycles. The van der Waals surface area contributed by atoms with E-state index in [0.717, 1.165) is 55.7 Å². The molecular weight excluding hydrogens is 416 g/mol. The van der Waals surface area contributed by atoms with Crippen LogP contribution in [0.15, 0.2) is 97.1 Å². The molecule has 0 unspecified atom stereocenters. The van der Waals surface area contributed by atoms with E-state index in [4.69, 9.17) is 22.9 Å². The Kier molecular flexibility index (Phi) is 7.68. The molecule has 4 nitrogen and oxygen atoms in total. The first-order chi connectivity index (χ1) is 16.7. The molecule has 0 saturated heterocycles. The molecule has 0 atom stereocenters. The van der Waals surface area contributed by atoms with Crippen molar-refractivity contribution in [3.8, 4) is 0 Å². The van der Waals surface area contributed by atoms with Crippen LogP contribution in [0.3, 0.4) is 0 Å². The van der Waals surface area contributed by atoms with Crippen LogP contribution in [0.1, 0.15) is 44.5 Å². The number of hydrogen-bond donors (Lipinski definition) is 4. The van der Waals surface area contributed by atoms with Gasteiger partial charge in [-0.2, -0.15) is 0 Å². The molecule has 34 heavy (non-hydrogen) atoms. The number of benzene rings is 4. The van der Waals surface area contributed by atoms with Gasteiger partial charge in [0.25, 0.3) is 0 Å². The molecule has 172 valence electrons. The van der Waals surface area contributed by atoms with E-state index in [1.807, 2.05) is 0 Å². The molecule has 0 saturated carbocycles. The summed E-state index contributed by atoms with van der Waals surface area (Å²) >= 11 is 0. The van der Waals surface area contributed by atoms with Crippen molar-refractivity contribution in [1.29, 1.82) is 0 Å². The molecule has 0 amide bonds. The molecule has 4 heteroatoms. The Morgan fingerprint density at radius 1 is 0.324 bits per heavy atom. The standard InChI is InChI=1S/C30H32N4/c31-17-21-1-9-25(10-2-21)29(26-11-3-22(18-32)4-12-26)30(27-13-5-23(19-33)6-14-27)28-15-7-24(20-34)8-16-28/h1-16H,17-20,31-34H2. The molecule has 4 rings (SSSR count). The van der Waals surface area contributed by atoms with Gasteiger partial charge in [0.1, 0.15) is 0 Å². The summed E-state index contributed by atoms with van der Waals surface area (Å²) in [5, 5.41) is 0. The van der Waals surface area contributed by atoms with Crippen molar-refractivity contribution in [3.05, 3.63) is 142 Å². The van der Waals surface area contributed by atoms with Gasteiger partial charge in [0.15, 0.2) is 0 Å². The molecule has 0 aromatic heterocycles. The lowest BCUT2D eigenvalue weighted by molar-refractivity contribution is 1.07. The van der Waals surface area contributed by atoms with Crippen LogP contribution in [0.5, 0.6) is 0 Å². The molecule has 4 aromatic carbocycles. The lowest BCUT2D eigenvalue weighted by Gasteiger charge is -2.19. The van der Waals surface area contributed by atoms with Crippen molar-refractivity contribution in [1.82, 2.24) is 0 Å². The second-order valence-corrected chi connectivity index (χ2v) is 8.35. The minimum Gasteiger partial charge on any atom is -0.326 e.